The van der Waals surface area contributed by atoms with Crippen LogP contribution in [0.4, 0.5) is 0 Å². The second-order valence-corrected chi connectivity index (χ2v) is 3.50. The van der Waals surface area contributed by atoms with Crippen LogP contribution in [-0.2, 0) is 8.98 Å². The molecule has 0 fully saturated rings. The lowest BCUT2D eigenvalue weighted by molar-refractivity contribution is -0.130. The molecule has 2 aromatic rings. The third kappa shape index (κ3) is 2.57. The minimum atomic E-state index is -0.391. The van der Waals surface area contributed by atoms with Crippen LogP contribution in [0.2, 0.25) is 0 Å². The van der Waals surface area contributed by atoms with Gasteiger partial charge in [-0.1, -0.05) is 0 Å². The summed E-state index contributed by atoms with van der Waals surface area (Å²) in [4.78, 5) is 18.7. The molecule has 6 nitrogen and oxygen atoms in total. The molecule has 0 saturated heterocycles. The summed E-state index contributed by atoms with van der Waals surface area (Å²) in [6.45, 7) is 1.32. The van der Waals surface area contributed by atoms with Gasteiger partial charge in [-0.05, 0) is 6.07 Å². The van der Waals surface area contributed by atoms with E-state index in [1.807, 2.05) is 0 Å². The third-order valence-corrected chi connectivity index (χ3v) is 2.26. The van der Waals surface area contributed by atoms with Gasteiger partial charge in [0.2, 0.25) is 5.16 Å². The maximum Gasteiger partial charge on any atom is 0.315 e. The van der Waals surface area contributed by atoms with Gasteiger partial charge < -0.3 is 4.18 Å². The lowest BCUT2D eigenvalue weighted by Crippen LogP contribution is -2.00. The largest absolute Gasteiger partial charge is 0.383 e. The van der Waals surface area contributed by atoms with E-state index in [4.69, 9.17) is 4.18 Å². The summed E-state index contributed by atoms with van der Waals surface area (Å²) in [7, 11) is 0. The zero-order valence-corrected chi connectivity index (χ0v) is 9.22. The van der Waals surface area contributed by atoms with E-state index in [-0.39, 0.29) is 0 Å². The Morgan fingerprint density at radius 3 is 3.06 bits per heavy atom. The van der Waals surface area contributed by atoms with Crippen LogP contribution in [0.25, 0.3) is 5.82 Å². The molecule has 82 valence electrons. The van der Waals surface area contributed by atoms with Crippen molar-refractivity contribution >= 4 is 18.0 Å². The van der Waals surface area contributed by atoms with E-state index < -0.39 is 5.97 Å². The molecule has 0 N–H and O–H groups in total. The van der Waals surface area contributed by atoms with Crippen LogP contribution in [0.5, 0.6) is 0 Å². The quantitative estimate of drug-likeness (QED) is 0.589. The molecule has 7 heteroatoms. The molecule has 0 aliphatic heterocycles. The molecule has 2 aromatic heterocycles. The van der Waals surface area contributed by atoms with Crippen molar-refractivity contribution in [2.75, 3.05) is 0 Å². The number of carbonyl (C=O) groups is 1. The van der Waals surface area contributed by atoms with Crippen molar-refractivity contribution in [2.24, 2.45) is 0 Å². The summed E-state index contributed by atoms with van der Waals surface area (Å²) < 4.78 is 6.32. The highest BCUT2D eigenvalue weighted by molar-refractivity contribution is 7.94. The van der Waals surface area contributed by atoms with E-state index in [2.05, 4.69) is 15.1 Å². The molecule has 16 heavy (non-hydrogen) atoms. The van der Waals surface area contributed by atoms with Crippen molar-refractivity contribution in [3.8, 4) is 5.82 Å². The second kappa shape index (κ2) is 4.75. The summed E-state index contributed by atoms with van der Waals surface area (Å²) in [5.74, 6) is 0.229. The minimum Gasteiger partial charge on any atom is -0.383 e. The van der Waals surface area contributed by atoms with Crippen molar-refractivity contribution < 1.29 is 8.98 Å². The minimum absolute atomic E-state index is 0.364. The predicted molar refractivity (Wildman–Crippen MR) is 56.8 cm³/mol. The molecule has 0 amide bonds. The van der Waals surface area contributed by atoms with Gasteiger partial charge in [0.25, 0.3) is 0 Å². The Balaban J connectivity index is 2.17. The fourth-order valence-electron chi connectivity index (χ4n) is 1.000. The zero-order chi connectivity index (χ0) is 11.4. The fraction of sp³-hybridized carbons (Fsp3) is 0.111. The highest BCUT2D eigenvalue weighted by Crippen LogP contribution is 2.14. The van der Waals surface area contributed by atoms with E-state index in [1.165, 1.54) is 6.92 Å². The predicted octanol–water partition coefficient (Wildman–Crippen LogP) is 1.23. The van der Waals surface area contributed by atoms with Gasteiger partial charge in [-0.25, -0.2) is 14.6 Å². The SMILES string of the molecule is CC(=O)OSc1nccc(-n2cccn2)n1. The molecule has 0 aliphatic carbocycles. The van der Waals surface area contributed by atoms with Crippen LogP contribution in [0.3, 0.4) is 0 Å². The molecule has 0 aromatic carbocycles. The molecule has 0 atom stereocenters. The third-order valence-electron chi connectivity index (χ3n) is 1.59. The number of aromatic nitrogens is 4. The van der Waals surface area contributed by atoms with Crippen molar-refractivity contribution in [1.82, 2.24) is 19.7 Å². The first-order chi connectivity index (χ1) is 7.75. The number of carbonyl (C=O) groups excluding carboxylic acids is 1. The van der Waals surface area contributed by atoms with Gasteiger partial charge in [0.05, 0.1) is 0 Å². The normalized spacial score (nSPS) is 10.1. The van der Waals surface area contributed by atoms with Gasteiger partial charge in [-0.15, -0.1) is 0 Å². The first-order valence-corrected chi connectivity index (χ1v) is 5.18. The summed E-state index contributed by atoms with van der Waals surface area (Å²) in [5, 5.41) is 4.40. The highest BCUT2D eigenvalue weighted by Gasteiger charge is 2.04. The molecular weight excluding hydrogens is 228 g/mol. The Bertz CT molecular complexity index is 486. The standard InChI is InChI=1S/C9H8N4O2S/c1-7(14)15-16-9-10-5-3-8(12-9)13-6-2-4-11-13/h2-6H,1H3. The van der Waals surface area contributed by atoms with Gasteiger partial charge in [-0.3, -0.25) is 4.79 Å². The number of hydrogen-bond donors (Lipinski definition) is 0. The van der Waals surface area contributed by atoms with Gasteiger partial charge >= 0.3 is 5.97 Å². The zero-order valence-electron chi connectivity index (χ0n) is 8.40. The van der Waals surface area contributed by atoms with Crippen molar-refractivity contribution in [3.05, 3.63) is 30.7 Å². The summed E-state index contributed by atoms with van der Waals surface area (Å²) in [6, 6.07) is 3.51. The fourth-order valence-corrected chi connectivity index (χ4v) is 1.43. The van der Waals surface area contributed by atoms with Gasteiger partial charge in [0.15, 0.2) is 5.82 Å². The van der Waals surface area contributed by atoms with Crippen LogP contribution < -0.4 is 0 Å². The first-order valence-electron chi connectivity index (χ1n) is 4.44. The Hall–Kier alpha value is -1.89. The van der Waals surface area contributed by atoms with E-state index in [0.717, 1.165) is 12.0 Å². The van der Waals surface area contributed by atoms with Crippen LogP contribution >= 0.6 is 12.0 Å². The summed E-state index contributed by atoms with van der Waals surface area (Å²) in [5.41, 5.74) is 0. The lowest BCUT2D eigenvalue weighted by Gasteiger charge is -2.01. The molecule has 2 rings (SSSR count). The van der Waals surface area contributed by atoms with Crippen LogP contribution in [0, 0.1) is 0 Å². The van der Waals surface area contributed by atoms with Crippen LogP contribution in [0.1, 0.15) is 6.92 Å². The molecule has 0 bridgehead atoms. The average Bonchev–Trinajstić information content (AvgIpc) is 2.80. The maximum absolute atomic E-state index is 10.6. The van der Waals surface area contributed by atoms with Gasteiger partial charge in [-0.2, -0.15) is 5.10 Å². The monoisotopic (exact) mass is 236 g/mol. The van der Waals surface area contributed by atoms with Crippen molar-refractivity contribution in [3.63, 3.8) is 0 Å². The Labute approximate surface area is 95.9 Å². The first kappa shape index (κ1) is 10.6. The van der Waals surface area contributed by atoms with E-state index >= 15 is 0 Å². The topological polar surface area (TPSA) is 69.9 Å². The highest BCUT2D eigenvalue weighted by atomic mass is 32.2. The summed E-state index contributed by atoms with van der Waals surface area (Å²) in [6.07, 6.45) is 5.00. The Morgan fingerprint density at radius 2 is 2.38 bits per heavy atom. The van der Waals surface area contributed by atoms with Gasteiger partial charge in [0, 0.05) is 31.6 Å². The van der Waals surface area contributed by atoms with Crippen LogP contribution in [-0.4, -0.2) is 25.7 Å². The van der Waals surface area contributed by atoms with Gasteiger partial charge in [0.1, 0.15) is 12.0 Å². The number of rotatable bonds is 3. The molecule has 2 heterocycles. The smallest absolute Gasteiger partial charge is 0.315 e. The van der Waals surface area contributed by atoms with Crippen molar-refractivity contribution in [2.45, 2.75) is 12.1 Å². The molecule has 0 aliphatic rings. The van der Waals surface area contributed by atoms with Crippen molar-refractivity contribution in [1.29, 1.82) is 0 Å². The second-order valence-electron chi connectivity index (χ2n) is 2.81. The summed E-state index contributed by atoms with van der Waals surface area (Å²) >= 11 is 0.827. The number of nitrogens with zero attached hydrogens (tertiary/aromatic N) is 4. The van der Waals surface area contributed by atoms with E-state index in [1.54, 1.807) is 35.4 Å². The Kier molecular flexibility index (Phi) is 3.16. The molecule has 0 radical (unpaired) electrons. The average molecular weight is 236 g/mol. The molecule has 0 unspecified atom stereocenters. The van der Waals surface area contributed by atoms with E-state index in [0.29, 0.717) is 11.0 Å². The number of hydrogen-bond acceptors (Lipinski definition) is 6. The molecule has 0 spiro atoms. The molecular formula is C9H8N4O2S. The van der Waals surface area contributed by atoms with E-state index in [9.17, 15) is 4.79 Å². The molecule has 0 saturated carbocycles. The van der Waals surface area contributed by atoms with Crippen LogP contribution in [0.15, 0.2) is 35.9 Å². The lowest BCUT2D eigenvalue weighted by atomic mass is 10.6. The Morgan fingerprint density at radius 1 is 1.50 bits per heavy atom. The maximum atomic E-state index is 10.6.